The van der Waals surface area contributed by atoms with Crippen LogP contribution in [0.25, 0.3) is 0 Å². The summed E-state index contributed by atoms with van der Waals surface area (Å²) < 4.78 is 0. The van der Waals surface area contributed by atoms with Crippen LogP contribution in [0.15, 0.2) is 24.5 Å². The molecule has 1 aromatic heterocycles. The van der Waals surface area contributed by atoms with E-state index in [1.54, 1.807) is 12.4 Å². The Bertz CT molecular complexity index is 228. The van der Waals surface area contributed by atoms with E-state index in [2.05, 4.69) is 16.5 Å². The lowest BCUT2D eigenvalue weighted by Crippen LogP contribution is -1.99. The van der Waals surface area contributed by atoms with Crippen LogP contribution >= 0.6 is 0 Å². The van der Waals surface area contributed by atoms with Gasteiger partial charge in [0.15, 0.2) is 0 Å². The van der Waals surface area contributed by atoms with Crippen LogP contribution in [0, 0.1) is 0 Å². The van der Waals surface area contributed by atoms with Crippen molar-refractivity contribution < 1.29 is 5.11 Å². The molecule has 1 unspecified atom stereocenters. The lowest BCUT2D eigenvalue weighted by atomic mass is 10.1. The summed E-state index contributed by atoms with van der Waals surface area (Å²) in [5.74, 6) is 0.605. The molecule has 0 spiro atoms. The van der Waals surface area contributed by atoms with Gasteiger partial charge in [-0.05, 0) is 6.92 Å². The van der Waals surface area contributed by atoms with Gasteiger partial charge < -0.3 is 10.1 Å². The third-order valence-electron chi connectivity index (χ3n) is 1.38. The van der Waals surface area contributed by atoms with Crippen molar-refractivity contribution in [3.8, 4) is 0 Å². The van der Waals surface area contributed by atoms with Gasteiger partial charge in [0.25, 0.3) is 0 Å². The SMILES string of the molecule is C=C(C)CC(O)c1ncc[nH]1. The molecule has 0 saturated carbocycles. The molecule has 0 radical (unpaired) electrons. The quantitative estimate of drug-likeness (QED) is 0.643. The lowest BCUT2D eigenvalue weighted by Gasteiger charge is -2.05. The second-order valence-corrected chi connectivity index (χ2v) is 2.65. The molecule has 1 aromatic rings. The minimum absolute atomic E-state index is 0.539. The molecule has 11 heavy (non-hydrogen) atoms. The van der Waals surface area contributed by atoms with Crippen LogP contribution in [0.5, 0.6) is 0 Å². The van der Waals surface area contributed by atoms with Crippen LogP contribution in [0.4, 0.5) is 0 Å². The topological polar surface area (TPSA) is 48.9 Å². The summed E-state index contributed by atoms with van der Waals surface area (Å²) in [4.78, 5) is 6.76. The van der Waals surface area contributed by atoms with Crippen molar-refractivity contribution in [1.29, 1.82) is 0 Å². The summed E-state index contributed by atoms with van der Waals surface area (Å²) in [6, 6.07) is 0. The van der Waals surface area contributed by atoms with Crippen LogP contribution in [-0.4, -0.2) is 15.1 Å². The molecule has 0 aromatic carbocycles. The van der Waals surface area contributed by atoms with Crippen molar-refractivity contribution in [2.45, 2.75) is 19.4 Å². The van der Waals surface area contributed by atoms with E-state index >= 15 is 0 Å². The molecule has 60 valence electrons. The summed E-state index contributed by atoms with van der Waals surface area (Å²) in [6.45, 7) is 5.58. The Morgan fingerprint density at radius 2 is 2.64 bits per heavy atom. The number of imidazole rings is 1. The van der Waals surface area contributed by atoms with Crippen LogP contribution in [-0.2, 0) is 0 Å². The van der Waals surface area contributed by atoms with Crippen LogP contribution in [0.2, 0.25) is 0 Å². The average molecular weight is 152 g/mol. The first kappa shape index (κ1) is 8.01. The zero-order chi connectivity index (χ0) is 8.27. The standard InChI is InChI=1S/C8H12N2O/c1-6(2)5-7(11)8-9-3-4-10-8/h3-4,7,11H,1,5H2,2H3,(H,9,10). The van der Waals surface area contributed by atoms with Crippen molar-refractivity contribution in [1.82, 2.24) is 9.97 Å². The van der Waals surface area contributed by atoms with Crippen LogP contribution in [0.1, 0.15) is 25.3 Å². The Hall–Kier alpha value is -1.09. The smallest absolute Gasteiger partial charge is 0.135 e. The first-order valence-electron chi connectivity index (χ1n) is 3.52. The average Bonchev–Trinajstić information content (AvgIpc) is 2.35. The Balaban J connectivity index is 2.56. The van der Waals surface area contributed by atoms with Crippen molar-refractivity contribution in [2.75, 3.05) is 0 Å². The monoisotopic (exact) mass is 152 g/mol. The number of aromatic nitrogens is 2. The van der Waals surface area contributed by atoms with E-state index < -0.39 is 6.10 Å². The van der Waals surface area contributed by atoms with Crippen molar-refractivity contribution in [3.63, 3.8) is 0 Å². The number of nitrogens with one attached hydrogen (secondary N) is 1. The second kappa shape index (κ2) is 3.34. The second-order valence-electron chi connectivity index (χ2n) is 2.65. The highest BCUT2D eigenvalue weighted by Gasteiger charge is 2.08. The highest BCUT2D eigenvalue weighted by Crippen LogP contribution is 2.15. The molecule has 0 aliphatic carbocycles. The van der Waals surface area contributed by atoms with E-state index in [-0.39, 0.29) is 0 Å². The minimum atomic E-state index is -0.539. The van der Waals surface area contributed by atoms with Gasteiger partial charge in [-0.25, -0.2) is 4.98 Å². The summed E-state index contributed by atoms with van der Waals surface area (Å²) in [6.07, 6.45) is 3.34. The predicted molar refractivity (Wildman–Crippen MR) is 43.0 cm³/mol. The molecule has 3 nitrogen and oxygen atoms in total. The molecule has 1 atom stereocenters. The molecule has 1 heterocycles. The Morgan fingerprint density at radius 1 is 1.91 bits per heavy atom. The van der Waals surface area contributed by atoms with Crippen molar-refractivity contribution >= 4 is 0 Å². The maximum Gasteiger partial charge on any atom is 0.135 e. The number of H-pyrrole nitrogens is 1. The molecule has 0 aliphatic rings. The fraction of sp³-hybridized carbons (Fsp3) is 0.375. The van der Waals surface area contributed by atoms with Crippen molar-refractivity contribution in [2.24, 2.45) is 0 Å². The molecule has 0 aliphatic heterocycles. The summed E-state index contributed by atoms with van der Waals surface area (Å²) in [5.41, 5.74) is 0.953. The normalized spacial score (nSPS) is 12.9. The minimum Gasteiger partial charge on any atom is -0.385 e. The highest BCUT2D eigenvalue weighted by molar-refractivity contribution is 4.99. The number of aliphatic hydroxyl groups excluding tert-OH is 1. The first-order chi connectivity index (χ1) is 5.20. The molecule has 1 rings (SSSR count). The molecule has 2 N–H and O–H groups in total. The molecular formula is C8H12N2O. The maximum atomic E-state index is 9.43. The number of aliphatic hydroxyl groups is 1. The Morgan fingerprint density at radius 3 is 3.09 bits per heavy atom. The summed E-state index contributed by atoms with van der Waals surface area (Å²) >= 11 is 0. The van der Waals surface area contributed by atoms with Gasteiger partial charge in [0.2, 0.25) is 0 Å². The van der Waals surface area contributed by atoms with E-state index in [9.17, 15) is 5.11 Å². The molecule has 3 heteroatoms. The van der Waals surface area contributed by atoms with Gasteiger partial charge >= 0.3 is 0 Å². The Kier molecular flexibility index (Phi) is 2.44. The zero-order valence-electron chi connectivity index (χ0n) is 6.54. The van der Waals surface area contributed by atoms with E-state index in [0.29, 0.717) is 12.2 Å². The van der Waals surface area contributed by atoms with Gasteiger partial charge in [-0.1, -0.05) is 5.57 Å². The van der Waals surface area contributed by atoms with E-state index in [1.807, 2.05) is 6.92 Å². The number of aromatic amines is 1. The van der Waals surface area contributed by atoms with E-state index in [1.165, 1.54) is 0 Å². The number of rotatable bonds is 3. The third-order valence-corrected chi connectivity index (χ3v) is 1.38. The number of hydrogen-bond acceptors (Lipinski definition) is 2. The fourth-order valence-electron chi connectivity index (χ4n) is 0.886. The van der Waals surface area contributed by atoms with E-state index in [4.69, 9.17) is 0 Å². The number of hydrogen-bond donors (Lipinski definition) is 2. The molecule has 0 fully saturated rings. The molecule has 0 amide bonds. The summed E-state index contributed by atoms with van der Waals surface area (Å²) in [7, 11) is 0. The van der Waals surface area contributed by atoms with Crippen LogP contribution in [0.3, 0.4) is 0 Å². The largest absolute Gasteiger partial charge is 0.385 e. The molecule has 0 bridgehead atoms. The highest BCUT2D eigenvalue weighted by atomic mass is 16.3. The van der Waals surface area contributed by atoms with Crippen LogP contribution < -0.4 is 0 Å². The van der Waals surface area contributed by atoms with Gasteiger partial charge in [0.05, 0.1) is 0 Å². The van der Waals surface area contributed by atoms with Gasteiger partial charge in [-0.2, -0.15) is 0 Å². The van der Waals surface area contributed by atoms with Gasteiger partial charge in [0.1, 0.15) is 11.9 Å². The lowest BCUT2D eigenvalue weighted by molar-refractivity contribution is 0.169. The Labute approximate surface area is 65.8 Å². The maximum absolute atomic E-state index is 9.43. The fourth-order valence-corrected chi connectivity index (χ4v) is 0.886. The molecular weight excluding hydrogens is 140 g/mol. The van der Waals surface area contributed by atoms with Gasteiger partial charge in [-0.3, -0.25) is 0 Å². The van der Waals surface area contributed by atoms with E-state index in [0.717, 1.165) is 5.57 Å². The first-order valence-corrected chi connectivity index (χ1v) is 3.52. The zero-order valence-corrected chi connectivity index (χ0v) is 6.54. The van der Waals surface area contributed by atoms with Crippen molar-refractivity contribution in [3.05, 3.63) is 30.4 Å². The third kappa shape index (κ3) is 2.20. The van der Waals surface area contributed by atoms with Gasteiger partial charge in [-0.15, -0.1) is 6.58 Å². The molecule has 0 saturated heterocycles. The summed E-state index contributed by atoms with van der Waals surface area (Å²) in [5, 5.41) is 9.43. The number of nitrogens with zero attached hydrogens (tertiary/aromatic N) is 1. The predicted octanol–water partition coefficient (Wildman–Crippen LogP) is 1.41. The van der Waals surface area contributed by atoms with Gasteiger partial charge in [0, 0.05) is 18.8 Å².